The van der Waals surface area contributed by atoms with Crippen LogP contribution in [0.15, 0.2) is 59.0 Å². The minimum Gasteiger partial charge on any atom is -0.494 e. The van der Waals surface area contributed by atoms with Gasteiger partial charge in [0.1, 0.15) is 11.3 Å². The minimum absolute atomic E-state index is 0.00410. The SMILES string of the molecule is O=C(O)C(CCCOc1ccc2c(-c3nc4cc(Cl)ccc4o3)cccc2c1)C(=O)O. The summed E-state index contributed by atoms with van der Waals surface area (Å²) in [5, 5.41) is 20.3. The number of ether oxygens (including phenoxy) is 1. The summed E-state index contributed by atoms with van der Waals surface area (Å²) in [6.07, 6.45) is 0.316. The van der Waals surface area contributed by atoms with Gasteiger partial charge < -0.3 is 19.4 Å². The Kier molecular flexibility index (Phi) is 5.77. The average Bonchev–Trinajstić information content (AvgIpc) is 3.15. The maximum absolute atomic E-state index is 10.9. The highest BCUT2D eigenvalue weighted by atomic mass is 35.5. The first-order valence-corrected chi connectivity index (χ1v) is 9.98. The van der Waals surface area contributed by atoms with Gasteiger partial charge in [-0.1, -0.05) is 23.7 Å². The van der Waals surface area contributed by atoms with E-state index in [1.165, 1.54) is 0 Å². The van der Waals surface area contributed by atoms with Crippen molar-refractivity contribution < 1.29 is 29.0 Å². The highest BCUT2D eigenvalue weighted by molar-refractivity contribution is 6.31. The van der Waals surface area contributed by atoms with Crippen LogP contribution in [0.3, 0.4) is 0 Å². The second-order valence-electron chi connectivity index (χ2n) is 7.04. The molecule has 158 valence electrons. The number of rotatable bonds is 8. The maximum Gasteiger partial charge on any atom is 0.317 e. The molecular formula is C23H18ClNO6. The first kappa shape index (κ1) is 20.7. The Labute approximate surface area is 181 Å². The monoisotopic (exact) mass is 439 g/mol. The fourth-order valence-corrected chi connectivity index (χ4v) is 3.55. The number of halogens is 1. The van der Waals surface area contributed by atoms with Crippen LogP contribution in [0.2, 0.25) is 5.02 Å². The van der Waals surface area contributed by atoms with E-state index >= 15 is 0 Å². The number of hydrogen-bond acceptors (Lipinski definition) is 5. The van der Waals surface area contributed by atoms with Crippen molar-refractivity contribution in [2.24, 2.45) is 5.92 Å². The first-order chi connectivity index (χ1) is 14.9. The van der Waals surface area contributed by atoms with Crippen molar-refractivity contribution in [1.82, 2.24) is 4.98 Å². The molecule has 4 rings (SSSR count). The van der Waals surface area contributed by atoms with Gasteiger partial charge in [0.25, 0.3) is 0 Å². The van der Waals surface area contributed by atoms with Crippen molar-refractivity contribution in [1.29, 1.82) is 0 Å². The van der Waals surface area contributed by atoms with Crippen LogP contribution in [-0.4, -0.2) is 33.7 Å². The van der Waals surface area contributed by atoms with Gasteiger partial charge in [0.05, 0.1) is 6.61 Å². The Morgan fingerprint density at radius 2 is 1.87 bits per heavy atom. The molecule has 0 saturated heterocycles. The van der Waals surface area contributed by atoms with Gasteiger partial charge in [0.2, 0.25) is 5.89 Å². The fraction of sp³-hybridized carbons (Fsp3) is 0.174. The topological polar surface area (TPSA) is 110 Å². The molecule has 31 heavy (non-hydrogen) atoms. The van der Waals surface area contributed by atoms with Crippen LogP contribution in [0, 0.1) is 5.92 Å². The highest BCUT2D eigenvalue weighted by Crippen LogP contribution is 2.33. The molecule has 0 aliphatic rings. The van der Waals surface area contributed by atoms with Gasteiger partial charge in [-0.3, -0.25) is 9.59 Å². The lowest BCUT2D eigenvalue weighted by molar-refractivity contribution is -0.154. The molecule has 8 heteroatoms. The molecule has 0 amide bonds. The Bertz CT molecular complexity index is 1270. The zero-order valence-corrected chi connectivity index (χ0v) is 17.0. The molecule has 2 N–H and O–H groups in total. The van der Waals surface area contributed by atoms with E-state index in [0.29, 0.717) is 34.2 Å². The van der Waals surface area contributed by atoms with Crippen molar-refractivity contribution >= 4 is 45.4 Å². The molecule has 3 aromatic carbocycles. The summed E-state index contributed by atoms with van der Waals surface area (Å²) in [5.74, 6) is -3.01. The fourth-order valence-electron chi connectivity index (χ4n) is 3.38. The van der Waals surface area contributed by atoms with Crippen molar-refractivity contribution in [2.45, 2.75) is 12.8 Å². The standard InChI is InChI=1S/C23H18ClNO6/c24-14-6-9-20-19(12-14)25-21(31-20)17-4-1-3-13-11-15(7-8-16(13)17)30-10-2-5-18(22(26)27)23(28)29/h1,3-4,6-9,11-12,18H,2,5,10H2,(H,26,27)(H,28,29). The van der Waals surface area contributed by atoms with E-state index in [1.807, 2.05) is 30.3 Å². The lowest BCUT2D eigenvalue weighted by Crippen LogP contribution is -2.23. The molecule has 0 radical (unpaired) electrons. The maximum atomic E-state index is 10.9. The van der Waals surface area contributed by atoms with Crippen LogP contribution < -0.4 is 4.74 Å². The molecule has 0 unspecified atom stereocenters. The Hall–Kier alpha value is -3.58. The van der Waals surface area contributed by atoms with Gasteiger partial charge in [0, 0.05) is 10.6 Å². The van der Waals surface area contributed by atoms with Gasteiger partial charge in [-0.15, -0.1) is 0 Å². The van der Waals surface area contributed by atoms with E-state index in [0.717, 1.165) is 16.3 Å². The number of nitrogens with zero attached hydrogens (tertiary/aromatic N) is 1. The summed E-state index contributed by atoms with van der Waals surface area (Å²) in [6, 6.07) is 16.6. The molecule has 0 saturated carbocycles. The first-order valence-electron chi connectivity index (χ1n) is 9.60. The van der Waals surface area contributed by atoms with Gasteiger partial charge in [-0.05, 0) is 66.1 Å². The Morgan fingerprint density at radius 3 is 2.65 bits per heavy atom. The number of fused-ring (bicyclic) bond motifs is 2. The smallest absolute Gasteiger partial charge is 0.317 e. The van der Waals surface area contributed by atoms with Crippen molar-refractivity contribution in [3.05, 3.63) is 59.6 Å². The normalized spacial score (nSPS) is 11.3. The number of carbonyl (C=O) groups is 2. The molecule has 4 aromatic rings. The van der Waals surface area contributed by atoms with E-state index in [4.69, 9.17) is 31.0 Å². The van der Waals surface area contributed by atoms with Crippen LogP contribution in [0.25, 0.3) is 33.3 Å². The molecule has 1 heterocycles. The average molecular weight is 440 g/mol. The summed E-state index contributed by atoms with van der Waals surface area (Å²) in [5.41, 5.74) is 2.17. The number of hydrogen-bond donors (Lipinski definition) is 2. The zero-order valence-electron chi connectivity index (χ0n) is 16.2. The van der Waals surface area contributed by atoms with Crippen LogP contribution >= 0.6 is 11.6 Å². The molecular weight excluding hydrogens is 422 g/mol. The third-order valence-electron chi connectivity index (χ3n) is 4.93. The molecule has 0 spiro atoms. The number of benzene rings is 3. The van der Waals surface area contributed by atoms with Crippen LogP contribution in [0.5, 0.6) is 5.75 Å². The van der Waals surface area contributed by atoms with Crippen molar-refractivity contribution in [2.75, 3.05) is 6.61 Å². The predicted octanol–water partition coefficient (Wildman–Crippen LogP) is 5.25. The molecule has 0 aliphatic carbocycles. The van der Waals surface area contributed by atoms with Crippen molar-refractivity contribution in [3.8, 4) is 17.2 Å². The number of aliphatic carboxylic acids is 2. The summed E-state index contributed by atoms with van der Waals surface area (Å²) in [4.78, 5) is 26.4. The second-order valence-corrected chi connectivity index (χ2v) is 7.48. The lowest BCUT2D eigenvalue weighted by Gasteiger charge is -2.10. The number of oxazole rings is 1. The van der Waals surface area contributed by atoms with Crippen molar-refractivity contribution in [3.63, 3.8) is 0 Å². The van der Waals surface area contributed by atoms with Gasteiger partial charge in [-0.25, -0.2) is 4.98 Å². The van der Waals surface area contributed by atoms with E-state index in [-0.39, 0.29) is 13.0 Å². The largest absolute Gasteiger partial charge is 0.494 e. The number of carboxylic acid groups (broad SMARTS) is 2. The molecule has 7 nitrogen and oxygen atoms in total. The predicted molar refractivity (Wildman–Crippen MR) is 115 cm³/mol. The third kappa shape index (κ3) is 4.46. The van der Waals surface area contributed by atoms with Gasteiger partial charge >= 0.3 is 11.9 Å². The van der Waals surface area contributed by atoms with E-state index in [9.17, 15) is 9.59 Å². The summed E-state index contributed by atoms with van der Waals surface area (Å²) < 4.78 is 11.6. The summed E-state index contributed by atoms with van der Waals surface area (Å²) >= 11 is 6.03. The zero-order chi connectivity index (χ0) is 22.0. The minimum atomic E-state index is -1.42. The van der Waals surface area contributed by atoms with Gasteiger partial charge in [0.15, 0.2) is 11.5 Å². The quantitative estimate of drug-likeness (QED) is 0.285. The molecule has 0 atom stereocenters. The van der Waals surface area contributed by atoms with Crippen LogP contribution in [0.1, 0.15) is 12.8 Å². The third-order valence-corrected chi connectivity index (χ3v) is 5.17. The number of carboxylic acids is 2. The molecule has 1 aromatic heterocycles. The Balaban J connectivity index is 1.51. The van der Waals surface area contributed by atoms with Crippen LogP contribution in [-0.2, 0) is 9.59 Å². The number of aromatic nitrogens is 1. The van der Waals surface area contributed by atoms with E-state index < -0.39 is 17.9 Å². The molecule has 0 aliphatic heterocycles. The lowest BCUT2D eigenvalue weighted by atomic mass is 10.0. The molecule has 0 fully saturated rings. The van der Waals surface area contributed by atoms with Gasteiger partial charge in [-0.2, -0.15) is 0 Å². The summed E-state index contributed by atoms with van der Waals surface area (Å²) in [6.45, 7) is 0.216. The Morgan fingerprint density at radius 1 is 1.06 bits per heavy atom. The van der Waals surface area contributed by atoms with Crippen LogP contribution in [0.4, 0.5) is 0 Å². The van der Waals surface area contributed by atoms with E-state index in [1.54, 1.807) is 24.3 Å². The highest BCUT2D eigenvalue weighted by Gasteiger charge is 2.24. The molecule has 0 bridgehead atoms. The summed E-state index contributed by atoms with van der Waals surface area (Å²) in [7, 11) is 0. The second kappa shape index (κ2) is 8.65. The van der Waals surface area contributed by atoms with E-state index in [2.05, 4.69) is 4.98 Å².